The molecule has 0 radical (unpaired) electrons. The number of aldehydes is 1. The van der Waals surface area contributed by atoms with E-state index in [2.05, 4.69) is 88.9 Å². The first-order valence-corrected chi connectivity index (χ1v) is 25.6. The van der Waals surface area contributed by atoms with Gasteiger partial charge in [-0.3, -0.25) is 24.1 Å². The smallest absolute Gasteiger partial charge is 0.407 e. The highest BCUT2D eigenvalue weighted by atomic mass is 16.5. The maximum atomic E-state index is 14.1. The van der Waals surface area contributed by atoms with Gasteiger partial charge in [-0.1, -0.05) is 113 Å². The highest BCUT2D eigenvalue weighted by molar-refractivity contribution is 6.00. The number of nitrogens with zero attached hydrogens (tertiary/aromatic N) is 2. The lowest BCUT2D eigenvalue weighted by Crippen LogP contribution is -2.48. The van der Waals surface area contributed by atoms with Gasteiger partial charge in [-0.25, -0.2) is 4.79 Å². The van der Waals surface area contributed by atoms with Crippen LogP contribution < -0.4 is 21.3 Å². The van der Waals surface area contributed by atoms with E-state index < -0.39 is 24.2 Å². The molecule has 2 heterocycles. The number of nitrogens with one attached hydrogen (secondary N) is 4. The van der Waals surface area contributed by atoms with Crippen LogP contribution >= 0.6 is 0 Å². The average molecular weight is 1010 g/mol. The second-order valence-corrected chi connectivity index (χ2v) is 20.9. The standard InChI is InChI=1S/C49H57N5O5.C9H9NO2.C2H6O/c1-48(2)25-23-36-40(42-35(22-24-49(42,3)4)39(41(36)48)31-16-10-18-33(28-31)50-44(55)37-20-12-26-53(37)5)32-17-11-19-34(29-32)51-45(56)38-21-13-27-54(38)46(57)43(52-47(58)59-6)30-14-8-7-9-15-30;11-6-9(10-7-12)8-4-2-1-3-5-8;1-3-2/h7-11,14-19,28-29,37-38,43H,12-13,20-27H2,1-6H3,(H,50,55)(H,51,56)(H,52,58);1-7,9H,(H,10,12);1-2H3. The molecule has 14 heteroatoms. The summed E-state index contributed by atoms with van der Waals surface area (Å²) in [6.45, 7) is 10.8. The van der Waals surface area contributed by atoms with Crippen molar-refractivity contribution in [2.45, 2.75) is 114 Å². The fraction of sp³-hybridized carbons (Fsp3) is 0.400. The van der Waals surface area contributed by atoms with Gasteiger partial charge >= 0.3 is 6.09 Å². The molecule has 5 aromatic carbocycles. The molecule has 9 rings (SSSR count). The van der Waals surface area contributed by atoms with Crippen LogP contribution in [0.25, 0.3) is 22.3 Å². The number of alkyl carbamates (subject to hydrolysis) is 1. The molecule has 0 aromatic heterocycles. The van der Waals surface area contributed by atoms with Gasteiger partial charge in [0.2, 0.25) is 18.2 Å². The molecule has 4 atom stereocenters. The van der Waals surface area contributed by atoms with Gasteiger partial charge in [0.25, 0.3) is 5.91 Å². The van der Waals surface area contributed by atoms with Crippen molar-refractivity contribution >= 4 is 47.9 Å². The zero-order chi connectivity index (χ0) is 53.2. The molecule has 74 heavy (non-hydrogen) atoms. The molecule has 0 saturated carbocycles. The van der Waals surface area contributed by atoms with E-state index in [1.807, 2.05) is 61.6 Å². The van der Waals surface area contributed by atoms with Gasteiger partial charge in [0.05, 0.1) is 13.2 Å². The van der Waals surface area contributed by atoms with E-state index in [9.17, 15) is 28.8 Å². The number of fused-ring (bicyclic) bond motifs is 2. The number of hydrogen-bond donors (Lipinski definition) is 4. The molecule has 2 aliphatic heterocycles. The van der Waals surface area contributed by atoms with Crippen molar-refractivity contribution in [2.24, 2.45) is 0 Å². The van der Waals surface area contributed by atoms with Gasteiger partial charge in [0, 0.05) is 32.1 Å². The van der Waals surface area contributed by atoms with Crippen LogP contribution in [-0.4, -0.2) is 99.9 Å². The number of amides is 5. The van der Waals surface area contributed by atoms with Crippen molar-refractivity contribution in [1.82, 2.24) is 20.4 Å². The Kier molecular flexibility index (Phi) is 17.9. The third kappa shape index (κ3) is 12.1. The minimum Gasteiger partial charge on any atom is -0.453 e. The van der Waals surface area contributed by atoms with Crippen LogP contribution in [0.3, 0.4) is 0 Å². The number of likely N-dealkylation sites (N-methyl/N-ethyl adjacent to an activating group) is 1. The lowest BCUT2D eigenvalue weighted by molar-refractivity contribution is -0.138. The summed E-state index contributed by atoms with van der Waals surface area (Å²) in [5, 5.41) is 11.5. The molecule has 4 unspecified atom stereocenters. The summed E-state index contributed by atoms with van der Waals surface area (Å²) in [7, 11) is 6.54. The van der Waals surface area contributed by atoms with E-state index >= 15 is 0 Å². The maximum Gasteiger partial charge on any atom is 0.407 e. The predicted octanol–water partition coefficient (Wildman–Crippen LogP) is 9.46. The fourth-order valence-corrected chi connectivity index (χ4v) is 11.3. The van der Waals surface area contributed by atoms with Crippen molar-refractivity contribution in [3.8, 4) is 22.3 Å². The zero-order valence-corrected chi connectivity index (χ0v) is 44.1. The van der Waals surface area contributed by atoms with E-state index in [0.29, 0.717) is 43.3 Å². The molecule has 4 aliphatic rings. The largest absolute Gasteiger partial charge is 0.453 e. The van der Waals surface area contributed by atoms with Crippen LogP contribution in [0.15, 0.2) is 109 Å². The van der Waals surface area contributed by atoms with Crippen molar-refractivity contribution in [1.29, 1.82) is 0 Å². The molecule has 0 bridgehead atoms. The van der Waals surface area contributed by atoms with Gasteiger partial charge < -0.3 is 40.4 Å². The molecule has 2 aliphatic carbocycles. The van der Waals surface area contributed by atoms with Crippen LogP contribution in [0.4, 0.5) is 16.2 Å². The second-order valence-electron chi connectivity index (χ2n) is 20.9. The van der Waals surface area contributed by atoms with Crippen LogP contribution in [0.1, 0.15) is 112 Å². The molecule has 4 N–H and O–H groups in total. The Bertz CT molecular complexity index is 2820. The van der Waals surface area contributed by atoms with E-state index in [-0.39, 0.29) is 34.6 Å². The number of anilines is 2. The van der Waals surface area contributed by atoms with E-state index in [4.69, 9.17) is 4.74 Å². The fourth-order valence-electron chi connectivity index (χ4n) is 11.3. The van der Waals surface area contributed by atoms with E-state index in [0.717, 1.165) is 67.4 Å². The zero-order valence-electron chi connectivity index (χ0n) is 44.1. The Morgan fingerprint density at radius 3 is 1.61 bits per heavy atom. The molecular weight excluding hydrogens is 933 g/mol. The molecule has 5 amide bonds. The molecule has 2 fully saturated rings. The van der Waals surface area contributed by atoms with Crippen LogP contribution in [0.2, 0.25) is 0 Å². The number of benzene rings is 5. The van der Waals surface area contributed by atoms with Crippen LogP contribution in [0.5, 0.6) is 0 Å². The number of methoxy groups -OCH3 is 2. The number of carbonyl (C=O) groups excluding carboxylic acids is 6. The summed E-state index contributed by atoms with van der Waals surface area (Å²) in [4.78, 5) is 78.1. The van der Waals surface area contributed by atoms with Gasteiger partial charge in [-0.2, -0.15) is 0 Å². The normalized spacial score (nSPS) is 18.7. The Morgan fingerprint density at radius 1 is 0.649 bits per heavy atom. The number of ether oxygens (including phenoxy) is 2. The Morgan fingerprint density at radius 2 is 1.14 bits per heavy atom. The minimum absolute atomic E-state index is 0.0561. The SMILES string of the molecule is COC.COC(=O)NC(C(=O)N1CCCC1C(=O)Nc1cccc(-c2c3c(c(-c4cccc(NC(=O)C5CCCN5C)c4)c4c2C(C)(C)CC4)C(C)(C)CC3)c1)c1ccccc1.O=CNC(C=O)c1ccccc1. The predicted molar refractivity (Wildman–Crippen MR) is 290 cm³/mol. The van der Waals surface area contributed by atoms with Crippen LogP contribution in [0, 0.1) is 0 Å². The minimum atomic E-state index is -0.986. The van der Waals surface area contributed by atoms with Crippen molar-refractivity contribution in [3.63, 3.8) is 0 Å². The van der Waals surface area contributed by atoms with Gasteiger partial charge in [0.1, 0.15) is 24.4 Å². The first-order valence-electron chi connectivity index (χ1n) is 25.6. The Balaban J connectivity index is 0.000000462. The first-order chi connectivity index (χ1) is 35.6. The molecule has 0 spiro atoms. The van der Waals surface area contributed by atoms with E-state index in [1.165, 1.54) is 40.5 Å². The highest BCUT2D eigenvalue weighted by Gasteiger charge is 2.44. The third-order valence-electron chi connectivity index (χ3n) is 14.9. The highest BCUT2D eigenvalue weighted by Crippen LogP contribution is 2.56. The number of likely N-dealkylation sites (tertiary alicyclic amines) is 2. The quantitative estimate of drug-likeness (QED) is 0.0838. The van der Waals surface area contributed by atoms with Crippen molar-refractivity contribution in [2.75, 3.05) is 52.1 Å². The van der Waals surface area contributed by atoms with Gasteiger partial charge in [0.15, 0.2) is 0 Å². The summed E-state index contributed by atoms with van der Waals surface area (Å²) in [5.74, 6) is -0.546. The first kappa shape index (κ1) is 54.6. The summed E-state index contributed by atoms with van der Waals surface area (Å²) in [5.41, 5.74) is 13.0. The molecule has 5 aromatic rings. The number of rotatable bonds is 13. The average Bonchev–Trinajstić information content (AvgIpc) is 4.21. The third-order valence-corrected chi connectivity index (χ3v) is 14.9. The maximum absolute atomic E-state index is 14.1. The molecule has 14 nitrogen and oxygen atoms in total. The summed E-state index contributed by atoms with van der Waals surface area (Å²) in [6.07, 6.45) is 7.54. The Hall–Kier alpha value is -7.16. The monoisotopic (exact) mass is 1000 g/mol. The Labute approximate surface area is 436 Å². The summed E-state index contributed by atoms with van der Waals surface area (Å²) < 4.78 is 9.10. The summed E-state index contributed by atoms with van der Waals surface area (Å²) >= 11 is 0. The van der Waals surface area contributed by atoms with Gasteiger partial charge in [-0.15, -0.1) is 0 Å². The lowest BCUT2D eigenvalue weighted by Gasteiger charge is -2.31. The lowest BCUT2D eigenvalue weighted by atomic mass is 9.73. The molecular formula is C60H72N6O8. The number of hydrogen-bond acceptors (Lipinski definition) is 9. The van der Waals surface area contributed by atoms with Crippen molar-refractivity contribution < 1.29 is 38.2 Å². The summed E-state index contributed by atoms with van der Waals surface area (Å²) in [6, 6.07) is 32.4. The second kappa shape index (κ2) is 24.2. The van der Waals surface area contributed by atoms with Gasteiger partial charge in [-0.05, 0) is 156 Å². The number of carbonyl (C=O) groups is 6. The topological polar surface area (TPSA) is 175 Å². The van der Waals surface area contributed by atoms with Crippen LogP contribution in [-0.2, 0) is 57.1 Å². The van der Waals surface area contributed by atoms with Crippen molar-refractivity contribution in [3.05, 3.63) is 143 Å². The van der Waals surface area contributed by atoms with E-state index in [1.54, 1.807) is 43.4 Å². The molecule has 390 valence electrons. The molecule has 2 saturated heterocycles.